The van der Waals surface area contributed by atoms with Crippen LogP contribution in [0.2, 0.25) is 0 Å². The summed E-state index contributed by atoms with van der Waals surface area (Å²) in [4.78, 5) is 74.3. The van der Waals surface area contributed by atoms with Gasteiger partial charge in [-0.25, -0.2) is 9.59 Å². The standard InChI is InChI=1S/C31H39N7O9S2/c1-16-14-48-25-20(24(40)38(25)21(16)26(41)44-15-45-27(42)30(2,3)4)34-23(39)19(22-35-28(32)49-37-22)36-46-13-18-10-8-17(9-11-18)12-33-29(43)47-31(5,6)7/h8-11,20,25H,12-15H2,1-7H3,(H,33,43)(H,34,39)(H2,32,35,37)/t20?,25-/m1/s1. The van der Waals surface area contributed by atoms with Gasteiger partial charge in [-0.1, -0.05) is 29.4 Å². The van der Waals surface area contributed by atoms with E-state index in [1.807, 2.05) is 0 Å². The van der Waals surface area contributed by atoms with E-state index in [-0.39, 0.29) is 35.5 Å². The van der Waals surface area contributed by atoms with Crippen LogP contribution in [0.5, 0.6) is 0 Å². The zero-order valence-corrected chi connectivity index (χ0v) is 29.8. The molecule has 3 amide bonds. The molecule has 1 unspecified atom stereocenters. The molecule has 264 valence electrons. The SMILES string of the molecule is CC1=C(C(=O)OCOC(=O)C(C)(C)C)N2C(=O)C(NC(=O)C(=NOCc3ccc(CNC(=O)OC(C)(C)C)cc3)c3nsc(N)n3)[C@H]2SC1. The van der Waals surface area contributed by atoms with Crippen molar-refractivity contribution in [2.75, 3.05) is 18.3 Å². The lowest BCUT2D eigenvalue weighted by Gasteiger charge is -2.49. The van der Waals surface area contributed by atoms with Crippen molar-refractivity contribution in [2.24, 2.45) is 10.6 Å². The van der Waals surface area contributed by atoms with Gasteiger partial charge in [0, 0.05) is 23.8 Å². The number of aromatic nitrogens is 2. The first kappa shape index (κ1) is 37.1. The van der Waals surface area contributed by atoms with Crippen LogP contribution >= 0.6 is 23.3 Å². The lowest BCUT2D eigenvalue weighted by Crippen LogP contribution is -2.71. The Labute approximate surface area is 291 Å². The van der Waals surface area contributed by atoms with E-state index in [4.69, 9.17) is 24.8 Å². The predicted molar refractivity (Wildman–Crippen MR) is 179 cm³/mol. The number of nitrogens with one attached hydrogen (secondary N) is 2. The maximum atomic E-state index is 13.4. The maximum Gasteiger partial charge on any atom is 0.407 e. The molecule has 0 radical (unpaired) electrons. The van der Waals surface area contributed by atoms with Crippen molar-refractivity contribution in [1.82, 2.24) is 24.9 Å². The smallest absolute Gasteiger partial charge is 0.407 e. The molecule has 4 rings (SSSR count). The Kier molecular flexibility index (Phi) is 11.5. The molecule has 3 heterocycles. The van der Waals surface area contributed by atoms with Gasteiger partial charge in [0.25, 0.3) is 11.8 Å². The van der Waals surface area contributed by atoms with E-state index in [1.54, 1.807) is 72.7 Å². The quantitative estimate of drug-likeness (QED) is 0.100. The highest BCUT2D eigenvalue weighted by Crippen LogP contribution is 2.40. The number of esters is 2. The number of alkyl carbamates (subject to hydrolysis) is 1. The summed E-state index contributed by atoms with van der Waals surface area (Å²) in [5.74, 6) is -2.41. The molecule has 18 heteroatoms. The Morgan fingerprint density at radius 2 is 1.73 bits per heavy atom. The molecule has 1 saturated heterocycles. The number of benzene rings is 1. The maximum absolute atomic E-state index is 13.4. The lowest BCUT2D eigenvalue weighted by molar-refractivity contribution is -0.173. The second-order valence-electron chi connectivity index (χ2n) is 13.1. The molecule has 0 bridgehead atoms. The number of anilines is 1. The highest BCUT2D eigenvalue weighted by Gasteiger charge is 2.54. The molecular formula is C31H39N7O9S2. The molecule has 2 aliphatic heterocycles. The van der Waals surface area contributed by atoms with E-state index in [9.17, 15) is 24.0 Å². The van der Waals surface area contributed by atoms with Gasteiger partial charge < -0.3 is 35.4 Å². The molecule has 4 N–H and O–H groups in total. The summed E-state index contributed by atoms with van der Waals surface area (Å²) >= 11 is 2.21. The zero-order chi connectivity index (χ0) is 36.1. The van der Waals surface area contributed by atoms with Crippen LogP contribution in [-0.2, 0) is 51.4 Å². The number of nitrogens with zero attached hydrogens (tertiary/aromatic N) is 4. The van der Waals surface area contributed by atoms with Crippen LogP contribution in [0.15, 0.2) is 40.7 Å². The van der Waals surface area contributed by atoms with Gasteiger partial charge in [0.2, 0.25) is 18.3 Å². The van der Waals surface area contributed by atoms with Gasteiger partial charge in [0.15, 0.2) is 5.13 Å². The first-order valence-corrected chi connectivity index (χ1v) is 16.9. The van der Waals surface area contributed by atoms with Crippen LogP contribution in [0.25, 0.3) is 0 Å². The van der Waals surface area contributed by atoms with Crippen molar-refractivity contribution in [3.63, 3.8) is 0 Å². The van der Waals surface area contributed by atoms with Crippen LogP contribution in [0.1, 0.15) is 65.4 Å². The van der Waals surface area contributed by atoms with Gasteiger partial charge in [-0.05, 0) is 65.2 Å². The Hall–Kier alpha value is -4.71. The van der Waals surface area contributed by atoms with Crippen LogP contribution in [-0.4, -0.2) is 79.4 Å². The minimum absolute atomic E-state index is 0.0224. The Balaban J connectivity index is 1.37. The molecular weight excluding hydrogens is 679 g/mol. The number of rotatable bonds is 11. The third kappa shape index (κ3) is 9.69. The van der Waals surface area contributed by atoms with Crippen LogP contribution < -0.4 is 16.4 Å². The first-order chi connectivity index (χ1) is 22.9. The molecule has 0 aliphatic carbocycles. The number of ether oxygens (including phenoxy) is 3. The summed E-state index contributed by atoms with van der Waals surface area (Å²) in [7, 11) is 0. The predicted octanol–water partition coefficient (Wildman–Crippen LogP) is 2.83. The second-order valence-corrected chi connectivity index (χ2v) is 15.0. The van der Waals surface area contributed by atoms with Gasteiger partial charge in [-0.2, -0.15) is 9.36 Å². The monoisotopic (exact) mass is 717 g/mol. The number of carbonyl (C=O) groups excluding carboxylic acids is 5. The summed E-state index contributed by atoms with van der Waals surface area (Å²) in [5, 5.41) is 8.80. The first-order valence-electron chi connectivity index (χ1n) is 15.1. The zero-order valence-electron chi connectivity index (χ0n) is 28.1. The largest absolute Gasteiger partial charge is 0.444 e. The number of hydrogen-bond acceptors (Lipinski definition) is 15. The van der Waals surface area contributed by atoms with Crippen molar-refractivity contribution in [2.45, 2.75) is 78.6 Å². The highest BCUT2D eigenvalue weighted by molar-refractivity contribution is 8.00. The van der Waals surface area contributed by atoms with Crippen molar-refractivity contribution in [3.05, 3.63) is 52.5 Å². The summed E-state index contributed by atoms with van der Waals surface area (Å²) in [5.41, 5.74) is 6.22. The fraction of sp³-hybridized carbons (Fsp3) is 0.484. The van der Waals surface area contributed by atoms with E-state index < -0.39 is 59.1 Å². The average molecular weight is 718 g/mol. The van der Waals surface area contributed by atoms with Gasteiger partial charge in [0.05, 0.1) is 5.41 Å². The number of β-lactam (4-membered cyclic amide) rings is 1. The molecule has 0 spiro atoms. The minimum atomic E-state index is -1.00. The van der Waals surface area contributed by atoms with Crippen LogP contribution in [0.3, 0.4) is 0 Å². The van der Waals surface area contributed by atoms with Gasteiger partial charge in [0.1, 0.15) is 29.3 Å². The number of nitrogens with two attached hydrogens (primary N) is 1. The van der Waals surface area contributed by atoms with Crippen molar-refractivity contribution in [1.29, 1.82) is 0 Å². The van der Waals surface area contributed by atoms with E-state index in [1.165, 1.54) is 16.7 Å². The molecule has 2 aromatic rings. The van der Waals surface area contributed by atoms with Crippen molar-refractivity contribution >= 4 is 64.0 Å². The summed E-state index contributed by atoms with van der Waals surface area (Å²) in [6, 6.07) is 6.13. The fourth-order valence-corrected chi connectivity index (χ4v) is 6.05. The third-order valence-corrected chi connectivity index (χ3v) is 8.71. The Morgan fingerprint density at radius 1 is 1.06 bits per heavy atom. The molecule has 16 nitrogen and oxygen atoms in total. The van der Waals surface area contributed by atoms with Gasteiger partial charge in [-0.3, -0.25) is 19.3 Å². The lowest BCUT2D eigenvalue weighted by atomic mass is 9.98. The molecule has 2 aliphatic rings. The molecule has 49 heavy (non-hydrogen) atoms. The summed E-state index contributed by atoms with van der Waals surface area (Å²) in [6.07, 6.45) is -0.528. The normalized spacial score (nSPS) is 17.8. The number of nitrogen functional groups attached to an aromatic ring is 1. The van der Waals surface area contributed by atoms with Crippen molar-refractivity contribution < 1.29 is 43.0 Å². The Bertz CT molecular complexity index is 1660. The van der Waals surface area contributed by atoms with E-state index >= 15 is 0 Å². The topological polar surface area (TPSA) is 214 Å². The summed E-state index contributed by atoms with van der Waals surface area (Å²) < 4.78 is 19.5. The molecule has 1 aromatic carbocycles. The van der Waals surface area contributed by atoms with Gasteiger partial charge >= 0.3 is 18.0 Å². The number of amides is 3. The number of fused-ring (bicyclic) bond motifs is 1. The average Bonchev–Trinajstić information content (AvgIpc) is 3.45. The molecule has 1 aromatic heterocycles. The van der Waals surface area contributed by atoms with E-state index in [2.05, 4.69) is 25.1 Å². The molecule has 1 fully saturated rings. The van der Waals surface area contributed by atoms with Crippen LogP contribution in [0.4, 0.5) is 9.93 Å². The Morgan fingerprint density at radius 3 is 2.35 bits per heavy atom. The molecule has 2 atom stereocenters. The summed E-state index contributed by atoms with van der Waals surface area (Å²) in [6.45, 7) is 11.7. The van der Waals surface area contributed by atoms with E-state index in [0.717, 1.165) is 17.1 Å². The number of carbonyl (C=O) groups is 5. The second kappa shape index (κ2) is 15.2. The fourth-order valence-electron chi connectivity index (χ4n) is 4.32. The minimum Gasteiger partial charge on any atom is -0.444 e. The highest BCUT2D eigenvalue weighted by atomic mass is 32.2. The van der Waals surface area contributed by atoms with Gasteiger partial charge in [-0.15, -0.1) is 11.8 Å². The van der Waals surface area contributed by atoms with Crippen molar-refractivity contribution in [3.8, 4) is 0 Å². The third-order valence-electron chi connectivity index (χ3n) is 6.75. The number of thioether (sulfide) groups is 1. The molecule has 0 saturated carbocycles. The van der Waals surface area contributed by atoms with Crippen LogP contribution in [0, 0.1) is 5.41 Å². The number of oxime groups is 1. The number of hydrogen-bond donors (Lipinski definition) is 3. The van der Waals surface area contributed by atoms with E-state index in [0.29, 0.717) is 16.9 Å².